The highest BCUT2D eigenvalue weighted by molar-refractivity contribution is 5.85. The Morgan fingerprint density at radius 3 is 2.19 bits per heavy atom. The molecule has 0 radical (unpaired) electrons. The van der Waals surface area contributed by atoms with Gasteiger partial charge in [0.15, 0.2) is 0 Å². The molecule has 1 heterocycles. The molecule has 1 fully saturated rings. The van der Waals surface area contributed by atoms with Crippen LogP contribution in [0, 0.1) is 0 Å². The number of hydrogen-bond acceptors (Lipinski definition) is 3. The van der Waals surface area contributed by atoms with Crippen LogP contribution in [0.25, 0.3) is 5.57 Å². The second kappa shape index (κ2) is 10.1. The summed E-state index contributed by atoms with van der Waals surface area (Å²) in [6, 6.07) is 20.3. The number of carbonyl (C=O) groups is 1. The molecule has 2 N–H and O–H groups in total. The highest BCUT2D eigenvalue weighted by Crippen LogP contribution is 2.23. The lowest BCUT2D eigenvalue weighted by atomic mass is 9.97. The van der Waals surface area contributed by atoms with Crippen LogP contribution in [0.5, 0.6) is 0 Å². The average Bonchev–Trinajstić information content (AvgIpc) is 2.67. The Labute approximate surface area is 160 Å². The summed E-state index contributed by atoms with van der Waals surface area (Å²) in [5.41, 5.74) is 3.64. The molecule has 0 spiro atoms. The van der Waals surface area contributed by atoms with Crippen LogP contribution in [0.2, 0.25) is 0 Å². The maximum Gasteiger partial charge on any atom is 0.322 e. The van der Waals surface area contributed by atoms with E-state index in [9.17, 15) is 4.79 Å². The summed E-state index contributed by atoms with van der Waals surface area (Å²) >= 11 is 0. The molecule has 1 aliphatic rings. The molecule has 1 aliphatic heterocycles. The molecule has 5 heteroatoms. The maximum atomic E-state index is 11.2. The molecule has 1 unspecified atom stereocenters. The van der Waals surface area contributed by atoms with Gasteiger partial charge in [0, 0.05) is 26.2 Å². The molecule has 3 rings (SSSR count). The van der Waals surface area contributed by atoms with Crippen molar-refractivity contribution in [2.24, 2.45) is 0 Å². The van der Waals surface area contributed by atoms with Crippen molar-refractivity contribution in [1.82, 2.24) is 10.2 Å². The Hall–Kier alpha value is -2.14. The van der Waals surface area contributed by atoms with Gasteiger partial charge in [-0.3, -0.25) is 9.69 Å². The van der Waals surface area contributed by atoms with Gasteiger partial charge in [0.2, 0.25) is 0 Å². The molecule has 0 aromatic heterocycles. The molecule has 0 aliphatic carbocycles. The van der Waals surface area contributed by atoms with Gasteiger partial charge in [-0.25, -0.2) is 0 Å². The first-order valence-electron chi connectivity index (χ1n) is 8.73. The van der Waals surface area contributed by atoms with Gasteiger partial charge in [-0.2, -0.15) is 0 Å². The quantitative estimate of drug-likeness (QED) is 0.817. The zero-order valence-electron chi connectivity index (χ0n) is 14.7. The topological polar surface area (TPSA) is 52.6 Å². The predicted octanol–water partition coefficient (Wildman–Crippen LogP) is 3.29. The Balaban J connectivity index is 0.00000243. The molecule has 4 nitrogen and oxygen atoms in total. The number of nitrogens with one attached hydrogen (secondary N) is 1. The van der Waals surface area contributed by atoms with Crippen LogP contribution in [0.3, 0.4) is 0 Å². The third-order valence-corrected chi connectivity index (χ3v) is 4.52. The standard InChI is InChI=1S/C21H24N2O2.ClH/c24-21(25)20-16-23(15-13-22-20)14-7-12-19(17-8-3-1-4-9-17)18-10-5-2-6-11-18;/h1-6,8-12,20,22H,7,13-16H2,(H,24,25);1H. The van der Waals surface area contributed by atoms with Crippen LogP contribution in [-0.2, 0) is 4.79 Å². The second-order valence-electron chi connectivity index (χ2n) is 6.28. The van der Waals surface area contributed by atoms with Crippen molar-refractivity contribution in [2.45, 2.75) is 12.5 Å². The lowest BCUT2D eigenvalue weighted by Gasteiger charge is -2.31. The van der Waals surface area contributed by atoms with E-state index in [4.69, 9.17) is 5.11 Å². The van der Waals surface area contributed by atoms with Crippen molar-refractivity contribution >= 4 is 23.9 Å². The summed E-state index contributed by atoms with van der Waals surface area (Å²) in [7, 11) is 0. The Kier molecular flexibility index (Phi) is 7.85. The zero-order chi connectivity index (χ0) is 17.5. The minimum absolute atomic E-state index is 0. The number of hydrogen-bond donors (Lipinski definition) is 2. The van der Waals surface area contributed by atoms with Gasteiger partial charge in [-0.15, -0.1) is 12.4 Å². The van der Waals surface area contributed by atoms with Crippen molar-refractivity contribution in [3.63, 3.8) is 0 Å². The number of nitrogens with zero attached hydrogens (tertiary/aromatic N) is 1. The average molecular weight is 373 g/mol. The van der Waals surface area contributed by atoms with Crippen LogP contribution >= 0.6 is 12.4 Å². The molecule has 2 aromatic carbocycles. The number of carboxylic acid groups (broad SMARTS) is 1. The number of halogens is 1. The van der Waals surface area contributed by atoms with Gasteiger partial charge in [0.05, 0.1) is 0 Å². The first-order valence-corrected chi connectivity index (χ1v) is 8.73. The molecule has 1 saturated heterocycles. The summed E-state index contributed by atoms with van der Waals surface area (Å²) in [6.07, 6.45) is 3.16. The highest BCUT2D eigenvalue weighted by Gasteiger charge is 2.24. The monoisotopic (exact) mass is 372 g/mol. The van der Waals surface area contributed by atoms with Gasteiger partial charge in [-0.1, -0.05) is 66.7 Å². The molecule has 0 amide bonds. The summed E-state index contributed by atoms with van der Waals surface area (Å²) in [5.74, 6) is -0.769. The van der Waals surface area contributed by atoms with E-state index in [-0.39, 0.29) is 12.4 Å². The normalized spacial score (nSPS) is 17.2. The second-order valence-corrected chi connectivity index (χ2v) is 6.28. The third kappa shape index (κ3) is 5.43. The van der Waals surface area contributed by atoms with Gasteiger partial charge >= 0.3 is 5.97 Å². The molecule has 138 valence electrons. The van der Waals surface area contributed by atoms with Crippen LogP contribution in [0.4, 0.5) is 0 Å². The number of carboxylic acids is 1. The molecule has 2 aromatic rings. The van der Waals surface area contributed by atoms with Crippen molar-refractivity contribution < 1.29 is 9.90 Å². The Bertz CT molecular complexity index is 678. The minimum atomic E-state index is -0.769. The van der Waals surface area contributed by atoms with E-state index in [1.807, 2.05) is 12.1 Å². The van der Waals surface area contributed by atoms with Gasteiger partial charge < -0.3 is 10.4 Å². The summed E-state index contributed by atoms with van der Waals surface area (Å²) in [4.78, 5) is 13.4. The van der Waals surface area contributed by atoms with Gasteiger partial charge in [-0.05, 0) is 23.1 Å². The van der Waals surface area contributed by atoms with E-state index < -0.39 is 12.0 Å². The largest absolute Gasteiger partial charge is 0.480 e. The molecule has 26 heavy (non-hydrogen) atoms. The van der Waals surface area contributed by atoms with E-state index in [1.165, 1.54) is 16.7 Å². The molecule has 1 atom stereocenters. The smallest absolute Gasteiger partial charge is 0.322 e. The summed E-state index contributed by atoms with van der Waals surface area (Å²) in [5, 5.41) is 12.2. The lowest BCUT2D eigenvalue weighted by molar-refractivity contribution is -0.140. The van der Waals surface area contributed by atoms with Crippen LogP contribution in [0.15, 0.2) is 66.7 Å². The summed E-state index contributed by atoms with van der Waals surface area (Å²) < 4.78 is 0. The van der Waals surface area contributed by atoms with Crippen molar-refractivity contribution in [2.75, 3.05) is 26.2 Å². The SMILES string of the molecule is Cl.O=C(O)C1CN(CCC=C(c2ccccc2)c2ccccc2)CCN1. The molecular weight excluding hydrogens is 348 g/mol. The maximum absolute atomic E-state index is 11.2. The van der Waals surface area contributed by atoms with Crippen molar-refractivity contribution in [3.8, 4) is 0 Å². The number of benzene rings is 2. The Morgan fingerprint density at radius 1 is 1.08 bits per heavy atom. The van der Waals surface area contributed by atoms with Crippen molar-refractivity contribution in [3.05, 3.63) is 77.9 Å². The zero-order valence-corrected chi connectivity index (χ0v) is 15.5. The number of aliphatic carboxylic acids is 1. The summed E-state index contributed by atoms with van der Waals surface area (Å²) in [6.45, 7) is 3.05. The predicted molar refractivity (Wildman–Crippen MR) is 108 cm³/mol. The van der Waals surface area contributed by atoms with E-state index in [0.717, 1.165) is 26.1 Å². The first-order chi connectivity index (χ1) is 12.2. The van der Waals surface area contributed by atoms with Crippen LogP contribution < -0.4 is 5.32 Å². The van der Waals surface area contributed by atoms with E-state index in [2.05, 4.69) is 64.8 Å². The number of rotatable bonds is 6. The lowest BCUT2D eigenvalue weighted by Crippen LogP contribution is -2.54. The third-order valence-electron chi connectivity index (χ3n) is 4.52. The fourth-order valence-corrected chi connectivity index (χ4v) is 3.21. The van der Waals surface area contributed by atoms with E-state index in [1.54, 1.807) is 0 Å². The fourth-order valence-electron chi connectivity index (χ4n) is 3.21. The Morgan fingerprint density at radius 2 is 1.65 bits per heavy atom. The molecular formula is C21H25ClN2O2. The van der Waals surface area contributed by atoms with E-state index in [0.29, 0.717) is 6.54 Å². The van der Waals surface area contributed by atoms with Crippen LogP contribution in [0.1, 0.15) is 17.5 Å². The number of piperazine rings is 1. The van der Waals surface area contributed by atoms with Crippen LogP contribution in [-0.4, -0.2) is 48.2 Å². The van der Waals surface area contributed by atoms with Crippen molar-refractivity contribution in [1.29, 1.82) is 0 Å². The van der Waals surface area contributed by atoms with E-state index >= 15 is 0 Å². The van der Waals surface area contributed by atoms with Gasteiger partial charge in [0.1, 0.15) is 6.04 Å². The minimum Gasteiger partial charge on any atom is -0.480 e. The molecule has 0 saturated carbocycles. The first kappa shape index (κ1) is 20.2. The highest BCUT2D eigenvalue weighted by atomic mass is 35.5. The fraction of sp³-hybridized carbons (Fsp3) is 0.286. The molecule has 0 bridgehead atoms. The van der Waals surface area contributed by atoms with Gasteiger partial charge in [0.25, 0.3) is 0 Å².